The molecule has 0 radical (unpaired) electrons. The second kappa shape index (κ2) is 10.8. The van der Waals surface area contributed by atoms with Crippen LogP contribution in [0.5, 0.6) is 0 Å². The first-order chi connectivity index (χ1) is 18.7. The van der Waals surface area contributed by atoms with Crippen LogP contribution in [-0.2, 0) is 10.0 Å². The molecule has 4 rings (SSSR count). The molecule has 1 aromatic carbocycles. The molecular weight excluding hydrogens is 564 g/mol. The summed E-state index contributed by atoms with van der Waals surface area (Å²) in [4.78, 5) is 52.3. The van der Waals surface area contributed by atoms with Crippen molar-refractivity contribution in [2.45, 2.75) is 23.3 Å². The number of nitrogens with zero attached hydrogens (tertiary/aromatic N) is 6. The number of hydrogen-bond acceptors (Lipinski definition) is 9. The number of carbonyl (C=O) groups is 3. The molecule has 0 saturated carbocycles. The van der Waals surface area contributed by atoms with E-state index >= 15 is 0 Å². The lowest BCUT2D eigenvalue weighted by Crippen LogP contribution is -2.53. The van der Waals surface area contributed by atoms with Crippen LogP contribution in [0.1, 0.15) is 33.7 Å². The maximum atomic E-state index is 13.2. The van der Waals surface area contributed by atoms with Crippen LogP contribution in [0.4, 0.5) is 16.4 Å². The fourth-order valence-corrected chi connectivity index (χ4v) is 5.71. The number of piperidine rings is 1. The van der Waals surface area contributed by atoms with Gasteiger partial charge >= 0.3 is 11.9 Å². The molecule has 2 fully saturated rings. The lowest BCUT2D eigenvalue weighted by atomic mass is 9.88. The Morgan fingerprint density at radius 3 is 2.42 bits per heavy atom. The smallest absolute Gasteiger partial charge is 0.333 e. The molecule has 2 aliphatic rings. The number of nitrogen functional groups attached to an aromatic ring is 2. The molecule has 0 unspecified atom stereocenters. The summed E-state index contributed by atoms with van der Waals surface area (Å²) in [5, 5.41) is 6.13. The minimum atomic E-state index is -4.15. The fourth-order valence-electron chi connectivity index (χ4n) is 4.37. The standard InChI is InChI=1S/C23H29ClN10O5S/c1-32(2)22(37)33(3)40(38,39)14-6-4-5-13(11-14)20(36)34-9-7-23(8-10-34)12-27-21(31-23)30-19(35)15-17(25)29-18(26)16(24)28-15/h4-6,11H,7-10,12H2,1-3H3,(H4,25,26,29)(H2,27,30,31,35). The predicted octanol–water partition coefficient (Wildman–Crippen LogP) is -0.0395. The van der Waals surface area contributed by atoms with Crippen molar-refractivity contribution in [3.63, 3.8) is 0 Å². The number of carbonyl (C=O) groups excluding carboxylic acids is 3. The van der Waals surface area contributed by atoms with Crippen molar-refractivity contribution in [1.29, 1.82) is 0 Å². The van der Waals surface area contributed by atoms with Crippen LogP contribution in [0.3, 0.4) is 0 Å². The molecule has 214 valence electrons. The maximum absolute atomic E-state index is 13.2. The Hall–Kier alpha value is -4.18. The van der Waals surface area contributed by atoms with Crippen LogP contribution < -0.4 is 22.1 Å². The molecule has 40 heavy (non-hydrogen) atoms. The number of urea groups is 1. The van der Waals surface area contributed by atoms with Gasteiger partial charge in [-0.05, 0) is 31.0 Å². The van der Waals surface area contributed by atoms with E-state index in [-0.39, 0.29) is 44.8 Å². The van der Waals surface area contributed by atoms with E-state index in [4.69, 9.17) is 23.1 Å². The Kier molecular flexibility index (Phi) is 7.76. The van der Waals surface area contributed by atoms with Gasteiger partial charge in [0.1, 0.15) is 0 Å². The summed E-state index contributed by atoms with van der Waals surface area (Å²) in [5.41, 5.74) is 10.8. The highest BCUT2D eigenvalue weighted by Gasteiger charge is 2.41. The zero-order valence-electron chi connectivity index (χ0n) is 22.0. The highest BCUT2D eigenvalue weighted by Crippen LogP contribution is 2.27. The van der Waals surface area contributed by atoms with Crippen molar-refractivity contribution >= 4 is 57.1 Å². The minimum absolute atomic E-state index is 0.0964. The van der Waals surface area contributed by atoms with E-state index < -0.39 is 27.5 Å². The van der Waals surface area contributed by atoms with Crippen molar-refractivity contribution in [2.75, 3.05) is 52.2 Å². The number of rotatable bonds is 4. The minimum Gasteiger partial charge on any atom is -0.382 e. The average molecular weight is 593 g/mol. The van der Waals surface area contributed by atoms with E-state index in [1.165, 1.54) is 38.4 Å². The summed E-state index contributed by atoms with van der Waals surface area (Å²) in [6, 6.07) is 4.89. The van der Waals surface area contributed by atoms with Gasteiger partial charge in [0.2, 0.25) is 0 Å². The van der Waals surface area contributed by atoms with Gasteiger partial charge < -0.3 is 31.9 Å². The number of nitrogens with one attached hydrogen (secondary N) is 2. The Bertz CT molecular complexity index is 1510. The summed E-state index contributed by atoms with van der Waals surface area (Å²) in [6.07, 6.45) is 1.07. The first-order valence-corrected chi connectivity index (χ1v) is 13.9. The molecule has 17 heteroatoms. The number of amides is 4. The van der Waals surface area contributed by atoms with Gasteiger partial charge in [0.05, 0.1) is 10.4 Å². The Morgan fingerprint density at radius 2 is 1.77 bits per heavy atom. The first kappa shape index (κ1) is 28.8. The number of halogens is 1. The number of benzene rings is 1. The quantitative estimate of drug-likeness (QED) is 0.370. The number of anilines is 2. The van der Waals surface area contributed by atoms with E-state index in [9.17, 15) is 22.8 Å². The lowest BCUT2D eigenvalue weighted by Gasteiger charge is -2.38. The highest BCUT2D eigenvalue weighted by molar-refractivity contribution is 7.89. The third-order valence-electron chi connectivity index (χ3n) is 6.70. The number of aromatic nitrogens is 2. The van der Waals surface area contributed by atoms with Crippen molar-refractivity contribution in [1.82, 2.24) is 34.7 Å². The monoisotopic (exact) mass is 592 g/mol. The molecule has 3 heterocycles. The molecule has 4 amide bonds. The van der Waals surface area contributed by atoms with E-state index in [1.807, 2.05) is 0 Å². The second-order valence-corrected chi connectivity index (χ2v) is 12.0. The van der Waals surface area contributed by atoms with Crippen molar-refractivity contribution in [3.8, 4) is 0 Å². The first-order valence-electron chi connectivity index (χ1n) is 12.1. The number of hydrogen-bond donors (Lipinski definition) is 4. The second-order valence-electron chi connectivity index (χ2n) is 9.63. The van der Waals surface area contributed by atoms with Crippen LogP contribution in [0.2, 0.25) is 5.15 Å². The number of aliphatic imine (C=N–C) groups is 1. The summed E-state index contributed by atoms with van der Waals surface area (Å²) in [6.45, 7) is 1.21. The molecule has 6 N–H and O–H groups in total. The zero-order valence-corrected chi connectivity index (χ0v) is 23.6. The molecule has 15 nitrogen and oxygen atoms in total. The Morgan fingerprint density at radius 1 is 1.10 bits per heavy atom. The number of nitrogens with two attached hydrogens (primary N) is 2. The van der Waals surface area contributed by atoms with Gasteiger partial charge in [0.15, 0.2) is 28.4 Å². The van der Waals surface area contributed by atoms with Crippen LogP contribution in [-0.4, -0.2) is 103 Å². The zero-order chi connectivity index (χ0) is 29.4. The fraction of sp³-hybridized carbons (Fsp3) is 0.391. The molecule has 2 aliphatic heterocycles. The van der Waals surface area contributed by atoms with Gasteiger partial charge in [-0.25, -0.2) is 27.5 Å². The predicted molar refractivity (Wildman–Crippen MR) is 147 cm³/mol. The number of likely N-dealkylation sites (tertiary alicyclic amines) is 1. The normalized spacial score (nSPS) is 17.3. The van der Waals surface area contributed by atoms with Crippen molar-refractivity contribution in [2.24, 2.45) is 4.99 Å². The van der Waals surface area contributed by atoms with Gasteiger partial charge in [-0.1, -0.05) is 17.7 Å². The summed E-state index contributed by atoms with van der Waals surface area (Å²) >= 11 is 5.85. The van der Waals surface area contributed by atoms with Gasteiger partial charge in [0, 0.05) is 46.3 Å². The highest BCUT2D eigenvalue weighted by atomic mass is 35.5. The average Bonchev–Trinajstić information content (AvgIpc) is 3.31. The largest absolute Gasteiger partial charge is 0.382 e. The summed E-state index contributed by atoms with van der Waals surface area (Å²) in [7, 11) is -0.0977. The Labute approximate surface area is 235 Å². The van der Waals surface area contributed by atoms with Crippen LogP contribution in [0, 0.1) is 0 Å². The van der Waals surface area contributed by atoms with Gasteiger partial charge in [-0.15, -0.1) is 0 Å². The lowest BCUT2D eigenvalue weighted by molar-refractivity contribution is 0.0668. The molecule has 2 saturated heterocycles. The third-order valence-corrected chi connectivity index (χ3v) is 8.70. The molecule has 0 aliphatic carbocycles. The van der Waals surface area contributed by atoms with Crippen molar-refractivity contribution < 1.29 is 22.8 Å². The van der Waals surface area contributed by atoms with Crippen LogP contribution in [0.15, 0.2) is 34.2 Å². The number of guanidine groups is 1. The van der Waals surface area contributed by atoms with Crippen LogP contribution >= 0.6 is 11.6 Å². The number of sulfonamides is 1. The topological polar surface area (TPSA) is 209 Å². The summed E-state index contributed by atoms with van der Waals surface area (Å²) < 4.78 is 26.5. The van der Waals surface area contributed by atoms with Gasteiger partial charge in [0.25, 0.3) is 15.9 Å². The van der Waals surface area contributed by atoms with E-state index in [1.54, 1.807) is 4.90 Å². The molecule has 1 aromatic heterocycles. The van der Waals surface area contributed by atoms with Gasteiger partial charge in [-0.2, -0.15) is 4.99 Å². The molecule has 2 aromatic rings. The third kappa shape index (κ3) is 5.58. The van der Waals surface area contributed by atoms with Crippen molar-refractivity contribution in [3.05, 3.63) is 40.7 Å². The van der Waals surface area contributed by atoms with Gasteiger partial charge in [-0.3, -0.25) is 9.59 Å². The Balaban J connectivity index is 1.42. The molecule has 1 spiro atoms. The molecule has 0 atom stereocenters. The van der Waals surface area contributed by atoms with E-state index in [0.29, 0.717) is 36.8 Å². The SMILES string of the molecule is CN(C)C(=O)N(C)S(=O)(=O)c1cccc(C(=O)N2CCC3(CC2)CN/C(=N\C(=O)c2nc(Cl)c(N)nc2N)N3)c1. The van der Waals surface area contributed by atoms with Crippen LogP contribution in [0.25, 0.3) is 0 Å². The molecular formula is C23H29ClN10O5S. The molecule has 0 bridgehead atoms. The maximum Gasteiger partial charge on any atom is 0.333 e. The van der Waals surface area contributed by atoms with E-state index in [2.05, 4.69) is 25.6 Å². The summed E-state index contributed by atoms with van der Waals surface area (Å²) in [5.74, 6) is -1.14. The van der Waals surface area contributed by atoms with E-state index in [0.717, 1.165) is 11.9 Å².